The molecule has 1 aliphatic heterocycles. The molecule has 150 valence electrons. The summed E-state index contributed by atoms with van der Waals surface area (Å²) in [6.45, 7) is 3.79. The molecule has 1 fully saturated rings. The van der Waals surface area contributed by atoms with E-state index >= 15 is 0 Å². The van der Waals surface area contributed by atoms with E-state index in [2.05, 4.69) is 0 Å². The molecule has 1 aliphatic rings. The number of benzene rings is 1. The van der Waals surface area contributed by atoms with E-state index < -0.39 is 27.7 Å². The first-order valence-electron chi connectivity index (χ1n) is 8.23. The van der Waals surface area contributed by atoms with E-state index in [0.717, 1.165) is 0 Å². The van der Waals surface area contributed by atoms with Crippen LogP contribution in [0.25, 0.3) is 0 Å². The molecule has 0 bridgehead atoms. The number of esters is 2. The van der Waals surface area contributed by atoms with Crippen LogP contribution >= 0.6 is 11.8 Å². The van der Waals surface area contributed by atoms with E-state index in [1.165, 1.54) is 56.4 Å². The van der Waals surface area contributed by atoms with Gasteiger partial charge in [0.15, 0.2) is 0 Å². The van der Waals surface area contributed by atoms with E-state index in [1.807, 2.05) is 13.8 Å². The van der Waals surface area contributed by atoms with Crippen molar-refractivity contribution >= 4 is 35.1 Å². The van der Waals surface area contributed by atoms with Gasteiger partial charge in [0, 0.05) is 28.6 Å². The van der Waals surface area contributed by atoms with Crippen LogP contribution in [0, 0.1) is 15.5 Å². The number of hydrogen-bond donors (Lipinski definition) is 1. The van der Waals surface area contributed by atoms with E-state index in [0.29, 0.717) is 11.4 Å². The van der Waals surface area contributed by atoms with Gasteiger partial charge in [0.1, 0.15) is 11.6 Å². The van der Waals surface area contributed by atoms with Crippen LogP contribution < -0.4 is 0 Å². The summed E-state index contributed by atoms with van der Waals surface area (Å²) in [7, 11) is 2.49. The lowest BCUT2D eigenvalue weighted by atomic mass is 10.00. The molecule has 28 heavy (non-hydrogen) atoms. The van der Waals surface area contributed by atoms with Crippen LogP contribution in [0.4, 0.5) is 5.69 Å². The normalized spacial score (nSPS) is 18.5. The third-order valence-electron chi connectivity index (χ3n) is 4.34. The zero-order chi connectivity index (χ0) is 21.1. The summed E-state index contributed by atoms with van der Waals surface area (Å²) < 4.78 is 9.23. The Bertz CT molecular complexity index is 834. The van der Waals surface area contributed by atoms with Crippen molar-refractivity contribution in [3.05, 3.63) is 51.7 Å². The van der Waals surface area contributed by atoms with Crippen molar-refractivity contribution in [1.29, 1.82) is 5.41 Å². The number of non-ortho nitro benzene ring substituents is 1. The first kappa shape index (κ1) is 21.4. The quantitative estimate of drug-likeness (QED) is 0.251. The fourth-order valence-electron chi connectivity index (χ4n) is 2.84. The molecule has 1 aromatic carbocycles. The van der Waals surface area contributed by atoms with Crippen molar-refractivity contribution in [2.24, 2.45) is 0 Å². The Hall–Kier alpha value is -2.88. The third kappa shape index (κ3) is 4.33. The highest BCUT2D eigenvalue weighted by Crippen LogP contribution is 2.40. The minimum absolute atomic E-state index is 0.0662. The maximum atomic E-state index is 12.3. The molecule has 10 heteroatoms. The minimum atomic E-state index is -0.748. The van der Waals surface area contributed by atoms with E-state index in [-0.39, 0.29) is 17.0 Å². The number of nitro benzene ring substituents is 1. The second kappa shape index (κ2) is 8.42. The number of nitrogens with one attached hydrogen (secondary N) is 1. The van der Waals surface area contributed by atoms with E-state index in [1.54, 1.807) is 4.90 Å². The lowest BCUT2D eigenvalue weighted by Crippen LogP contribution is -2.45. The second-order valence-corrected chi connectivity index (χ2v) is 8.13. The zero-order valence-electron chi connectivity index (χ0n) is 15.9. The monoisotopic (exact) mass is 407 g/mol. The Morgan fingerprint density at radius 2 is 1.89 bits per heavy atom. The molecule has 1 atom stereocenters. The highest BCUT2D eigenvalue weighted by atomic mass is 32.2. The fraction of sp³-hybridized carbons (Fsp3) is 0.389. The second-order valence-electron chi connectivity index (χ2n) is 6.53. The van der Waals surface area contributed by atoms with Crippen molar-refractivity contribution < 1.29 is 24.0 Å². The summed E-state index contributed by atoms with van der Waals surface area (Å²) in [5.41, 5.74) is -0.0461. The van der Waals surface area contributed by atoms with Crippen LogP contribution in [-0.4, -0.2) is 58.4 Å². The average molecular weight is 407 g/mol. The highest BCUT2D eigenvalue weighted by Gasteiger charge is 2.46. The molecule has 1 saturated heterocycles. The fourth-order valence-corrected chi connectivity index (χ4v) is 3.93. The number of carbonyl (C=O) groups is 2. The van der Waals surface area contributed by atoms with Gasteiger partial charge in [0.2, 0.25) is 0 Å². The molecular weight excluding hydrogens is 386 g/mol. The van der Waals surface area contributed by atoms with Gasteiger partial charge < -0.3 is 14.4 Å². The Labute approximate surface area is 166 Å². The molecule has 0 spiro atoms. The number of ether oxygens (including phenoxy) is 2. The molecule has 1 unspecified atom stereocenters. The van der Waals surface area contributed by atoms with Crippen molar-refractivity contribution in [2.45, 2.75) is 24.6 Å². The summed E-state index contributed by atoms with van der Waals surface area (Å²) in [6.07, 6.45) is 1.42. The largest absolute Gasteiger partial charge is 0.467 e. The van der Waals surface area contributed by atoms with Gasteiger partial charge in [-0.05, 0) is 26.0 Å². The van der Waals surface area contributed by atoms with Gasteiger partial charge in [-0.3, -0.25) is 15.5 Å². The van der Waals surface area contributed by atoms with Crippen LogP contribution in [0.2, 0.25) is 0 Å². The van der Waals surface area contributed by atoms with Crippen molar-refractivity contribution in [2.75, 3.05) is 20.1 Å². The number of nitro groups is 1. The van der Waals surface area contributed by atoms with Crippen LogP contribution in [0.5, 0.6) is 0 Å². The van der Waals surface area contributed by atoms with E-state index in [9.17, 15) is 19.7 Å². The molecule has 0 saturated carbocycles. The highest BCUT2D eigenvalue weighted by molar-refractivity contribution is 8.00. The summed E-state index contributed by atoms with van der Waals surface area (Å²) in [4.78, 5) is 36.5. The number of carbonyl (C=O) groups excluding carboxylic acids is 2. The summed E-state index contributed by atoms with van der Waals surface area (Å²) >= 11 is 1.52. The molecule has 2 rings (SSSR count). The Morgan fingerprint density at radius 1 is 1.29 bits per heavy atom. The smallest absolute Gasteiger partial charge is 0.341 e. The maximum absolute atomic E-state index is 12.3. The van der Waals surface area contributed by atoms with Gasteiger partial charge in [-0.25, -0.2) is 9.59 Å². The first-order chi connectivity index (χ1) is 13.1. The molecule has 0 aromatic heterocycles. The van der Waals surface area contributed by atoms with Crippen LogP contribution in [0.1, 0.15) is 19.4 Å². The van der Waals surface area contributed by atoms with Gasteiger partial charge in [-0.15, -0.1) is 11.8 Å². The summed E-state index contributed by atoms with van der Waals surface area (Å²) in [5.74, 6) is -0.778. The lowest BCUT2D eigenvalue weighted by Gasteiger charge is -2.28. The van der Waals surface area contributed by atoms with Crippen LogP contribution in [0.3, 0.4) is 0 Å². The molecular formula is C18H21N3O6S. The summed E-state index contributed by atoms with van der Waals surface area (Å²) in [5, 5.41) is 19.2. The van der Waals surface area contributed by atoms with Gasteiger partial charge in [-0.2, -0.15) is 0 Å². The molecule has 0 amide bonds. The molecule has 1 heterocycles. The third-order valence-corrected chi connectivity index (χ3v) is 5.73. The topological polar surface area (TPSA) is 123 Å². The van der Waals surface area contributed by atoms with E-state index in [4.69, 9.17) is 14.9 Å². The average Bonchev–Trinajstić information content (AvgIpc) is 2.98. The van der Waals surface area contributed by atoms with Gasteiger partial charge in [-0.1, -0.05) is 0 Å². The molecule has 0 aliphatic carbocycles. The Balaban J connectivity index is 2.42. The summed E-state index contributed by atoms with van der Waals surface area (Å²) in [6, 6.07) is 4.64. The minimum Gasteiger partial charge on any atom is -0.467 e. The van der Waals surface area contributed by atoms with Gasteiger partial charge in [0.05, 0.1) is 30.7 Å². The number of hydrogen-bond acceptors (Lipinski definition) is 9. The predicted molar refractivity (Wildman–Crippen MR) is 104 cm³/mol. The van der Waals surface area contributed by atoms with Gasteiger partial charge >= 0.3 is 11.9 Å². The number of rotatable bonds is 6. The van der Waals surface area contributed by atoms with Crippen LogP contribution in [0.15, 0.2) is 36.0 Å². The molecule has 1 aromatic rings. The SMILES string of the molecule is COC(=O)C(=CN1CSC(C)(C)C1C(=O)OC)C(=N)c1ccc([N+](=O)[O-])cc1. The first-order valence-corrected chi connectivity index (χ1v) is 9.22. The molecule has 9 nitrogen and oxygen atoms in total. The number of thioether (sulfide) groups is 1. The van der Waals surface area contributed by atoms with Crippen molar-refractivity contribution in [3.63, 3.8) is 0 Å². The number of methoxy groups -OCH3 is 2. The maximum Gasteiger partial charge on any atom is 0.341 e. The van der Waals surface area contributed by atoms with Crippen LogP contribution in [-0.2, 0) is 19.1 Å². The lowest BCUT2D eigenvalue weighted by molar-refractivity contribution is -0.384. The molecule has 1 N–H and O–H groups in total. The van der Waals surface area contributed by atoms with Crippen molar-refractivity contribution in [1.82, 2.24) is 4.90 Å². The zero-order valence-corrected chi connectivity index (χ0v) is 16.7. The van der Waals surface area contributed by atoms with Gasteiger partial charge in [0.25, 0.3) is 5.69 Å². The van der Waals surface area contributed by atoms with Crippen molar-refractivity contribution in [3.8, 4) is 0 Å². The standard InChI is InChI=1S/C18H21N3O6S/c1-18(2)15(17(23)27-4)20(10-28-18)9-13(16(22)26-3)14(19)11-5-7-12(8-6-11)21(24)25/h5-9,15,19H,10H2,1-4H3. The molecule has 0 radical (unpaired) electrons. The predicted octanol–water partition coefficient (Wildman–Crippen LogP) is 2.35. The Morgan fingerprint density at radius 3 is 2.39 bits per heavy atom. The Kier molecular flexibility index (Phi) is 6.45. The number of nitrogens with zero attached hydrogens (tertiary/aromatic N) is 2.